The van der Waals surface area contributed by atoms with Gasteiger partial charge in [0.1, 0.15) is 24.0 Å². The number of halogens is 1. The topological polar surface area (TPSA) is 80.0 Å². The summed E-state index contributed by atoms with van der Waals surface area (Å²) in [5.41, 5.74) is 3.67. The molecule has 0 fully saturated rings. The zero-order valence-corrected chi connectivity index (χ0v) is 16.5. The molecule has 0 bridgehead atoms. The second kappa shape index (κ2) is 7.09. The number of nitrogens with zero attached hydrogens (tertiary/aromatic N) is 3. The lowest BCUT2D eigenvalue weighted by atomic mass is 9.91. The maximum Gasteiger partial charge on any atom is 0.323 e. The molecule has 0 saturated heterocycles. The summed E-state index contributed by atoms with van der Waals surface area (Å²) in [5, 5.41) is 14.7. The van der Waals surface area contributed by atoms with E-state index in [9.17, 15) is 14.3 Å². The van der Waals surface area contributed by atoms with Crippen LogP contribution in [0.4, 0.5) is 10.2 Å². The molecular weight excluding hydrogens is 383 g/mol. The van der Waals surface area contributed by atoms with Crippen LogP contribution in [0.3, 0.4) is 0 Å². The largest absolute Gasteiger partial charge is 0.480 e. The van der Waals surface area contributed by atoms with E-state index in [1.165, 1.54) is 12.1 Å². The monoisotopic (exact) mass is 404 g/mol. The lowest BCUT2D eigenvalue weighted by Crippen LogP contribution is -2.29. The molecule has 1 unspecified atom stereocenters. The smallest absolute Gasteiger partial charge is 0.323 e. The van der Waals surface area contributed by atoms with Crippen LogP contribution in [0, 0.1) is 12.7 Å². The molecule has 0 spiro atoms. The van der Waals surface area contributed by atoms with E-state index in [-0.39, 0.29) is 18.4 Å². The first-order chi connectivity index (χ1) is 14.5. The Morgan fingerprint density at radius 3 is 2.90 bits per heavy atom. The first kappa shape index (κ1) is 18.5. The number of aromatic nitrogens is 3. The van der Waals surface area contributed by atoms with Gasteiger partial charge in [-0.2, -0.15) is 0 Å². The van der Waals surface area contributed by atoms with Crippen molar-refractivity contribution in [3.8, 4) is 0 Å². The predicted octanol–water partition coefficient (Wildman–Crippen LogP) is 4.09. The number of fused-ring (bicyclic) bond motifs is 4. The van der Waals surface area contributed by atoms with Gasteiger partial charge in [0.15, 0.2) is 0 Å². The fraction of sp³-hybridized carbons (Fsp3) is 0.261. The molecule has 0 saturated carbocycles. The molecule has 2 heterocycles. The maximum atomic E-state index is 14.0. The molecular formula is C23H21FN4O2. The van der Waals surface area contributed by atoms with Gasteiger partial charge in [0.25, 0.3) is 0 Å². The Labute approximate surface area is 172 Å². The summed E-state index contributed by atoms with van der Waals surface area (Å²) < 4.78 is 15.8. The molecule has 1 aliphatic rings. The SMILES string of the molecule is Cc1nc(NC2CCc3c(c4cc(F)ccc4n3CC(=O)O)C2)c2ccccc2n1. The molecule has 4 aromatic rings. The van der Waals surface area contributed by atoms with Gasteiger partial charge in [0.05, 0.1) is 5.52 Å². The number of carbonyl (C=O) groups is 1. The molecule has 2 aromatic heterocycles. The van der Waals surface area contributed by atoms with Gasteiger partial charge in [0, 0.05) is 28.0 Å². The summed E-state index contributed by atoms with van der Waals surface area (Å²) in [6.45, 7) is 1.75. The van der Waals surface area contributed by atoms with Gasteiger partial charge < -0.3 is 15.0 Å². The Morgan fingerprint density at radius 1 is 1.23 bits per heavy atom. The highest BCUT2D eigenvalue weighted by molar-refractivity contribution is 5.90. The zero-order valence-electron chi connectivity index (χ0n) is 16.5. The first-order valence-corrected chi connectivity index (χ1v) is 10.0. The molecule has 152 valence electrons. The van der Waals surface area contributed by atoms with Crippen LogP contribution in [-0.4, -0.2) is 31.7 Å². The number of carboxylic acid groups (broad SMARTS) is 1. The Hall–Kier alpha value is -3.48. The number of hydrogen-bond acceptors (Lipinski definition) is 4. The van der Waals surface area contributed by atoms with E-state index in [1.54, 1.807) is 6.07 Å². The average molecular weight is 404 g/mol. The molecule has 0 radical (unpaired) electrons. The zero-order chi connectivity index (χ0) is 20.8. The standard InChI is InChI=1S/C23H21FN4O2/c1-13-25-19-5-3-2-4-16(19)23(26-13)27-15-7-9-21-18(11-15)17-10-14(24)6-8-20(17)28(21)12-22(29)30/h2-6,8,10,15H,7,9,11-12H2,1H3,(H,29,30)(H,25,26,27). The van der Waals surface area contributed by atoms with E-state index >= 15 is 0 Å². The van der Waals surface area contributed by atoms with E-state index in [2.05, 4.69) is 15.3 Å². The van der Waals surface area contributed by atoms with Crippen LogP contribution in [0.5, 0.6) is 0 Å². The number of nitrogens with one attached hydrogen (secondary N) is 1. The first-order valence-electron chi connectivity index (χ1n) is 10.0. The molecule has 7 heteroatoms. The van der Waals surface area contributed by atoms with Crippen molar-refractivity contribution in [2.75, 3.05) is 5.32 Å². The highest BCUT2D eigenvalue weighted by Crippen LogP contribution is 2.34. The number of carboxylic acids is 1. The van der Waals surface area contributed by atoms with Crippen LogP contribution in [0.2, 0.25) is 0 Å². The number of rotatable bonds is 4. The minimum Gasteiger partial charge on any atom is -0.480 e. The normalized spacial score (nSPS) is 16.0. The molecule has 6 nitrogen and oxygen atoms in total. The van der Waals surface area contributed by atoms with Crippen LogP contribution < -0.4 is 5.32 Å². The van der Waals surface area contributed by atoms with E-state index < -0.39 is 5.97 Å². The second-order valence-electron chi connectivity index (χ2n) is 7.79. The van der Waals surface area contributed by atoms with Crippen molar-refractivity contribution in [1.82, 2.24) is 14.5 Å². The van der Waals surface area contributed by atoms with Gasteiger partial charge in [0.2, 0.25) is 0 Å². The van der Waals surface area contributed by atoms with Crippen molar-refractivity contribution < 1.29 is 14.3 Å². The number of para-hydroxylation sites is 1. The second-order valence-corrected chi connectivity index (χ2v) is 7.79. The van der Waals surface area contributed by atoms with Crippen molar-refractivity contribution in [1.29, 1.82) is 0 Å². The van der Waals surface area contributed by atoms with E-state index in [0.717, 1.165) is 51.7 Å². The summed E-state index contributed by atoms with van der Waals surface area (Å²) in [6.07, 6.45) is 2.24. The van der Waals surface area contributed by atoms with Gasteiger partial charge in [-0.15, -0.1) is 0 Å². The quantitative estimate of drug-likeness (QED) is 0.536. The average Bonchev–Trinajstić information content (AvgIpc) is 3.00. The third kappa shape index (κ3) is 3.16. The molecule has 1 atom stereocenters. The molecule has 0 aliphatic heterocycles. The Balaban J connectivity index is 1.54. The molecule has 2 aromatic carbocycles. The molecule has 0 amide bonds. The lowest BCUT2D eigenvalue weighted by molar-refractivity contribution is -0.137. The number of hydrogen-bond donors (Lipinski definition) is 2. The van der Waals surface area contributed by atoms with Crippen molar-refractivity contribution in [2.24, 2.45) is 0 Å². The van der Waals surface area contributed by atoms with E-state index in [4.69, 9.17) is 0 Å². The van der Waals surface area contributed by atoms with Crippen LogP contribution in [-0.2, 0) is 24.2 Å². The Morgan fingerprint density at radius 2 is 2.07 bits per heavy atom. The van der Waals surface area contributed by atoms with Crippen molar-refractivity contribution in [2.45, 2.75) is 38.8 Å². The van der Waals surface area contributed by atoms with Crippen LogP contribution in [0.1, 0.15) is 23.5 Å². The van der Waals surface area contributed by atoms with Gasteiger partial charge in [-0.3, -0.25) is 4.79 Å². The summed E-state index contributed by atoms with van der Waals surface area (Å²) in [4.78, 5) is 20.5. The number of anilines is 1. The fourth-order valence-electron chi connectivity index (χ4n) is 4.56. The fourth-order valence-corrected chi connectivity index (χ4v) is 4.56. The Kier molecular flexibility index (Phi) is 4.38. The van der Waals surface area contributed by atoms with Gasteiger partial charge in [-0.1, -0.05) is 12.1 Å². The van der Waals surface area contributed by atoms with Crippen LogP contribution in [0.15, 0.2) is 42.5 Å². The number of aryl methyl sites for hydroxylation is 1. The summed E-state index contributed by atoms with van der Waals surface area (Å²) in [5.74, 6) is 0.285. The predicted molar refractivity (Wildman–Crippen MR) is 113 cm³/mol. The number of aliphatic carboxylic acids is 1. The lowest BCUT2D eigenvalue weighted by Gasteiger charge is -2.26. The third-order valence-electron chi connectivity index (χ3n) is 5.78. The minimum absolute atomic E-state index is 0.113. The van der Waals surface area contributed by atoms with Crippen molar-refractivity contribution in [3.05, 3.63) is 65.4 Å². The minimum atomic E-state index is -0.901. The van der Waals surface area contributed by atoms with Crippen LogP contribution >= 0.6 is 0 Å². The summed E-state index contributed by atoms with van der Waals surface area (Å²) in [7, 11) is 0. The summed E-state index contributed by atoms with van der Waals surface area (Å²) in [6, 6.07) is 12.6. The third-order valence-corrected chi connectivity index (χ3v) is 5.78. The molecule has 2 N–H and O–H groups in total. The van der Waals surface area contributed by atoms with Gasteiger partial charge in [-0.25, -0.2) is 14.4 Å². The molecule has 5 rings (SSSR count). The molecule has 1 aliphatic carbocycles. The highest BCUT2D eigenvalue weighted by Gasteiger charge is 2.27. The van der Waals surface area contributed by atoms with E-state index in [0.29, 0.717) is 12.2 Å². The van der Waals surface area contributed by atoms with Gasteiger partial charge >= 0.3 is 5.97 Å². The highest BCUT2D eigenvalue weighted by atomic mass is 19.1. The van der Waals surface area contributed by atoms with Crippen molar-refractivity contribution in [3.63, 3.8) is 0 Å². The van der Waals surface area contributed by atoms with Gasteiger partial charge in [-0.05, 0) is 62.1 Å². The Bertz CT molecular complexity index is 1300. The summed E-state index contributed by atoms with van der Waals surface area (Å²) >= 11 is 0. The van der Waals surface area contributed by atoms with Crippen molar-refractivity contribution >= 4 is 33.6 Å². The maximum absolute atomic E-state index is 14.0. The number of benzene rings is 2. The van der Waals surface area contributed by atoms with E-state index in [1.807, 2.05) is 35.8 Å². The molecule has 30 heavy (non-hydrogen) atoms. The van der Waals surface area contributed by atoms with Crippen LogP contribution in [0.25, 0.3) is 21.8 Å².